The molecule has 7 heteroatoms. The third-order valence-electron chi connectivity index (χ3n) is 3.32. The number of aryl methyl sites for hydroxylation is 1. The third-order valence-corrected chi connectivity index (χ3v) is 4.19. The van der Waals surface area contributed by atoms with Crippen LogP contribution in [-0.2, 0) is 6.42 Å². The first-order valence-corrected chi connectivity index (χ1v) is 8.24. The molecule has 0 saturated heterocycles. The molecule has 2 aromatic heterocycles. The lowest BCUT2D eigenvalue weighted by atomic mass is 10.1. The summed E-state index contributed by atoms with van der Waals surface area (Å²) >= 11 is 1.31. The van der Waals surface area contributed by atoms with E-state index >= 15 is 0 Å². The van der Waals surface area contributed by atoms with Gasteiger partial charge < -0.3 is 9.73 Å². The number of anilines is 2. The highest BCUT2D eigenvalue weighted by molar-refractivity contribution is 7.12. The molecule has 6 nitrogen and oxygen atoms in total. The summed E-state index contributed by atoms with van der Waals surface area (Å²) in [6.45, 7) is 2.06. The standard InChI is InChI=1S/C17H15N3O3S/c1-2-11-5-7-12(8-6-11)18-15(21)13-10-23-17(19-13)20-16(22)14-4-3-9-24-14/h3-10H,2H2,1H3,(H,18,21)(H,19,20,22). The van der Waals surface area contributed by atoms with Crippen molar-refractivity contribution in [3.05, 3.63) is 64.2 Å². The maximum absolute atomic E-state index is 12.2. The van der Waals surface area contributed by atoms with E-state index in [0.717, 1.165) is 6.42 Å². The van der Waals surface area contributed by atoms with Gasteiger partial charge in [-0.25, -0.2) is 0 Å². The number of hydrogen-bond donors (Lipinski definition) is 2. The number of amides is 2. The summed E-state index contributed by atoms with van der Waals surface area (Å²) in [7, 11) is 0. The van der Waals surface area contributed by atoms with Gasteiger partial charge in [-0.05, 0) is 35.6 Å². The van der Waals surface area contributed by atoms with Crippen molar-refractivity contribution in [2.24, 2.45) is 0 Å². The Bertz CT molecular complexity index is 838. The predicted octanol–water partition coefficient (Wildman–Crippen LogP) is 3.80. The lowest BCUT2D eigenvalue weighted by molar-refractivity contribution is 0.101. The minimum atomic E-state index is -0.403. The van der Waals surface area contributed by atoms with Crippen LogP contribution in [0.4, 0.5) is 11.7 Å². The third kappa shape index (κ3) is 3.69. The van der Waals surface area contributed by atoms with Crippen LogP contribution in [-0.4, -0.2) is 16.8 Å². The molecule has 0 radical (unpaired) electrons. The Hall–Kier alpha value is -2.93. The zero-order chi connectivity index (χ0) is 16.9. The largest absolute Gasteiger partial charge is 0.431 e. The lowest BCUT2D eigenvalue weighted by Crippen LogP contribution is -2.13. The SMILES string of the molecule is CCc1ccc(NC(=O)c2coc(NC(=O)c3cccs3)n2)cc1. The Morgan fingerprint density at radius 2 is 1.92 bits per heavy atom. The topological polar surface area (TPSA) is 84.2 Å². The van der Waals surface area contributed by atoms with E-state index in [9.17, 15) is 9.59 Å². The number of aromatic nitrogens is 1. The predicted molar refractivity (Wildman–Crippen MR) is 92.5 cm³/mol. The zero-order valence-electron chi connectivity index (χ0n) is 12.9. The van der Waals surface area contributed by atoms with Gasteiger partial charge in [-0.15, -0.1) is 11.3 Å². The van der Waals surface area contributed by atoms with Gasteiger partial charge in [0, 0.05) is 5.69 Å². The Kier molecular flexibility index (Phi) is 4.72. The minimum Gasteiger partial charge on any atom is -0.431 e. The van der Waals surface area contributed by atoms with Crippen molar-refractivity contribution in [1.82, 2.24) is 4.98 Å². The second kappa shape index (κ2) is 7.10. The summed E-state index contributed by atoms with van der Waals surface area (Å²) in [4.78, 5) is 28.6. The molecule has 0 aliphatic heterocycles. The van der Waals surface area contributed by atoms with Gasteiger partial charge in [0.1, 0.15) is 6.26 Å². The van der Waals surface area contributed by atoms with Crippen LogP contribution in [0.5, 0.6) is 0 Å². The van der Waals surface area contributed by atoms with Gasteiger partial charge in [-0.1, -0.05) is 25.1 Å². The van der Waals surface area contributed by atoms with Gasteiger partial charge in [0.05, 0.1) is 4.88 Å². The van der Waals surface area contributed by atoms with Gasteiger partial charge >= 0.3 is 6.01 Å². The van der Waals surface area contributed by atoms with Crippen molar-refractivity contribution in [3.63, 3.8) is 0 Å². The summed E-state index contributed by atoms with van der Waals surface area (Å²) in [5.74, 6) is -0.728. The molecule has 0 aliphatic carbocycles. The highest BCUT2D eigenvalue weighted by Gasteiger charge is 2.15. The molecule has 1 aromatic carbocycles. The van der Waals surface area contributed by atoms with Gasteiger partial charge in [-0.2, -0.15) is 4.98 Å². The smallest absolute Gasteiger partial charge is 0.302 e. The van der Waals surface area contributed by atoms with E-state index in [2.05, 4.69) is 22.5 Å². The lowest BCUT2D eigenvalue weighted by Gasteiger charge is -2.03. The first kappa shape index (κ1) is 15.9. The van der Waals surface area contributed by atoms with Crippen LogP contribution in [0.15, 0.2) is 52.5 Å². The first-order valence-electron chi connectivity index (χ1n) is 7.36. The van der Waals surface area contributed by atoms with E-state index in [-0.39, 0.29) is 17.6 Å². The van der Waals surface area contributed by atoms with Gasteiger partial charge in [0.25, 0.3) is 11.8 Å². The Morgan fingerprint density at radius 1 is 1.12 bits per heavy atom. The molecule has 0 bridgehead atoms. The molecule has 24 heavy (non-hydrogen) atoms. The van der Waals surface area contributed by atoms with Crippen molar-refractivity contribution < 1.29 is 14.0 Å². The second-order valence-electron chi connectivity index (χ2n) is 4.97. The van der Waals surface area contributed by atoms with E-state index in [1.165, 1.54) is 23.2 Å². The normalized spacial score (nSPS) is 10.4. The van der Waals surface area contributed by atoms with Gasteiger partial charge in [-0.3, -0.25) is 14.9 Å². The summed E-state index contributed by atoms with van der Waals surface area (Å²) in [5.41, 5.74) is 1.95. The van der Waals surface area contributed by atoms with Crippen molar-refractivity contribution in [2.45, 2.75) is 13.3 Å². The van der Waals surface area contributed by atoms with Crippen LogP contribution in [0, 0.1) is 0 Å². The maximum atomic E-state index is 12.2. The summed E-state index contributed by atoms with van der Waals surface area (Å²) < 4.78 is 5.13. The summed E-state index contributed by atoms with van der Waals surface area (Å²) in [6.07, 6.45) is 2.14. The van der Waals surface area contributed by atoms with E-state index in [0.29, 0.717) is 10.6 Å². The molecule has 3 aromatic rings. The second-order valence-corrected chi connectivity index (χ2v) is 5.92. The van der Waals surface area contributed by atoms with E-state index in [1.807, 2.05) is 24.3 Å². The number of oxazole rings is 1. The zero-order valence-corrected chi connectivity index (χ0v) is 13.7. The average Bonchev–Trinajstić information content (AvgIpc) is 3.27. The summed E-state index contributed by atoms with van der Waals surface area (Å²) in [5, 5.41) is 7.04. The van der Waals surface area contributed by atoms with Gasteiger partial charge in [0.15, 0.2) is 5.69 Å². The maximum Gasteiger partial charge on any atom is 0.302 e. The fraction of sp³-hybridized carbons (Fsp3) is 0.118. The molecule has 3 rings (SSSR count). The van der Waals surface area contributed by atoms with Crippen molar-refractivity contribution in [2.75, 3.05) is 10.6 Å². The molecular formula is C17H15N3O3S. The molecule has 0 fully saturated rings. The molecule has 2 N–H and O–H groups in total. The molecule has 0 spiro atoms. The summed E-state index contributed by atoms with van der Waals surface area (Å²) in [6, 6.07) is 11.0. The van der Waals surface area contributed by atoms with Crippen LogP contribution in [0.25, 0.3) is 0 Å². The van der Waals surface area contributed by atoms with E-state index in [4.69, 9.17) is 4.42 Å². The highest BCUT2D eigenvalue weighted by atomic mass is 32.1. The average molecular weight is 341 g/mol. The number of carbonyl (C=O) groups excluding carboxylic acids is 2. The molecule has 122 valence electrons. The number of thiophene rings is 1. The fourth-order valence-electron chi connectivity index (χ4n) is 2.02. The highest BCUT2D eigenvalue weighted by Crippen LogP contribution is 2.15. The molecule has 0 saturated carbocycles. The monoisotopic (exact) mass is 341 g/mol. The Labute approximate surface area is 142 Å². The molecule has 2 amide bonds. The Balaban J connectivity index is 1.63. The number of hydrogen-bond acceptors (Lipinski definition) is 5. The van der Waals surface area contributed by atoms with Crippen LogP contribution in [0.1, 0.15) is 32.6 Å². The molecule has 2 heterocycles. The van der Waals surface area contributed by atoms with E-state index in [1.54, 1.807) is 17.5 Å². The van der Waals surface area contributed by atoms with Crippen molar-refractivity contribution in [1.29, 1.82) is 0 Å². The van der Waals surface area contributed by atoms with Crippen LogP contribution in [0.2, 0.25) is 0 Å². The number of benzene rings is 1. The van der Waals surface area contributed by atoms with Crippen LogP contribution in [0.3, 0.4) is 0 Å². The van der Waals surface area contributed by atoms with Crippen molar-refractivity contribution in [3.8, 4) is 0 Å². The quantitative estimate of drug-likeness (QED) is 0.739. The van der Waals surface area contributed by atoms with E-state index < -0.39 is 5.91 Å². The van der Waals surface area contributed by atoms with Gasteiger partial charge in [0.2, 0.25) is 0 Å². The van der Waals surface area contributed by atoms with Crippen molar-refractivity contribution >= 4 is 34.9 Å². The molecule has 0 unspecified atom stereocenters. The Morgan fingerprint density at radius 3 is 2.58 bits per heavy atom. The number of nitrogens with zero attached hydrogens (tertiary/aromatic N) is 1. The number of rotatable bonds is 5. The minimum absolute atomic E-state index is 0.0140. The van der Waals surface area contributed by atoms with Crippen LogP contribution >= 0.6 is 11.3 Å². The fourth-order valence-corrected chi connectivity index (χ4v) is 2.64. The first-order chi connectivity index (χ1) is 11.7. The molecule has 0 aliphatic rings. The molecular weight excluding hydrogens is 326 g/mol. The number of carbonyl (C=O) groups is 2. The van der Waals surface area contributed by atoms with Crippen LogP contribution < -0.4 is 10.6 Å². The number of nitrogens with one attached hydrogen (secondary N) is 2. The molecule has 0 atom stereocenters.